The van der Waals surface area contributed by atoms with Crippen LogP contribution in [0.1, 0.15) is 5.56 Å². The predicted octanol–water partition coefficient (Wildman–Crippen LogP) is 1.09. The quantitative estimate of drug-likeness (QED) is 0.742. The molecule has 16 heavy (non-hydrogen) atoms. The van der Waals surface area contributed by atoms with Crippen LogP contribution in [0.25, 0.3) is 0 Å². The van der Waals surface area contributed by atoms with E-state index in [4.69, 9.17) is 4.74 Å². The van der Waals surface area contributed by atoms with Crippen molar-refractivity contribution in [2.45, 2.75) is 12.6 Å². The van der Waals surface area contributed by atoms with E-state index in [1.54, 1.807) is 0 Å². The van der Waals surface area contributed by atoms with Gasteiger partial charge < -0.3 is 4.74 Å². The summed E-state index contributed by atoms with van der Waals surface area (Å²) >= 11 is 0. The van der Waals surface area contributed by atoms with E-state index in [-0.39, 0.29) is 12.0 Å². The molecule has 0 amide bonds. The van der Waals surface area contributed by atoms with Gasteiger partial charge in [-0.1, -0.05) is 30.3 Å². The summed E-state index contributed by atoms with van der Waals surface area (Å²) in [6, 6.07) is 10.3. The maximum absolute atomic E-state index is 11.9. The molecule has 0 radical (unpaired) electrons. The third-order valence-electron chi connectivity index (χ3n) is 3.45. The van der Waals surface area contributed by atoms with Crippen LogP contribution in [-0.2, 0) is 16.1 Å². The fraction of sp³-hybridized carbons (Fsp3) is 0.462. The first kappa shape index (κ1) is 10.00. The lowest BCUT2D eigenvalue weighted by Crippen LogP contribution is -2.39. The van der Waals surface area contributed by atoms with Crippen molar-refractivity contribution in [2.24, 2.45) is 5.92 Å². The Morgan fingerprint density at radius 1 is 1.25 bits per heavy atom. The molecule has 3 nitrogen and oxygen atoms in total. The van der Waals surface area contributed by atoms with Crippen LogP contribution < -0.4 is 0 Å². The minimum atomic E-state index is -0.000967. The first-order valence-electron chi connectivity index (χ1n) is 5.74. The Morgan fingerprint density at radius 3 is 2.81 bits per heavy atom. The molecule has 2 heterocycles. The molecule has 2 aliphatic rings. The summed E-state index contributed by atoms with van der Waals surface area (Å²) in [4.78, 5) is 14.1. The number of likely N-dealkylation sites (tertiary alicyclic amines) is 1. The van der Waals surface area contributed by atoms with Gasteiger partial charge in [-0.3, -0.25) is 9.69 Å². The monoisotopic (exact) mass is 217 g/mol. The summed E-state index contributed by atoms with van der Waals surface area (Å²) < 4.78 is 5.43. The van der Waals surface area contributed by atoms with Crippen LogP contribution in [0.15, 0.2) is 30.3 Å². The van der Waals surface area contributed by atoms with E-state index in [9.17, 15) is 4.79 Å². The first-order chi connectivity index (χ1) is 7.84. The summed E-state index contributed by atoms with van der Waals surface area (Å²) in [7, 11) is 0. The number of carbonyl (C=O) groups excluding carboxylic acids is 1. The van der Waals surface area contributed by atoms with Gasteiger partial charge in [-0.05, 0) is 5.56 Å². The van der Waals surface area contributed by atoms with E-state index in [0.717, 1.165) is 13.1 Å². The maximum atomic E-state index is 11.9. The van der Waals surface area contributed by atoms with Gasteiger partial charge in [-0.15, -0.1) is 0 Å². The number of ether oxygens (including phenoxy) is 1. The van der Waals surface area contributed by atoms with Crippen molar-refractivity contribution in [2.75, 3.05) is 19.8 Å². The van der Waals surface area contributed by atoms with Crippen molar-refractivity contribution >= 4 is 5.78 Å². The zero-order valence-electron chi connectivity index (χ0n) is 9.13. The van der Waals surface area contributed by atoms with Gasteiger partial charge in [-0.25, -0.2) is 0 Å². The molecule has 2 fully saturated rings. The number of rotatable bonds is 2. The fourth-order valence-electron chi connectivity index (χ4n) is 2.59. The van der Waals surface area contributed by atoms with E-state index < -0.39 is 0 Å². The molecule has 2 bridgehead atoms. The van der Waals surface area contributed by atoms with Crippen LogP contribution in [0.2, 0.25) is 0 Å². The van der Waals surface area contributed by atoms with Crippen molar-refractivity contribution < 1.29 is 9.53 Å². The van der Waals surface area contributed by atoms with Crippen molar-refractivity contribution in [3.63, 3.8) is 0 Å². The second kappa shape index (κ2) is 4.00. The summed E-state index contributed by atoms with van der Waals surface area (Å²) in [5.74, 6) is 0.490. The van der Waals surface area contributed by atoms with E-state index >= 15 is 0 Å². The lowest BCUT2D eigenvalue weighted by atomic mass is 10.0. The molecule has 0 saturated carbocycles. The van der Waals surface area contributed by atoms with Gasteiger partial charge in [-0.2, -0.15) is 0 Å². The molecular formula is C13H15NO2. The second-order valence-electron chi connectivity index (χ2n) is 4.57. The Labute approximate surface area is 95.0 Å². The Balaban J connectivity index is 1.75. The van der Waals surface area contributed by atoms with Crippen LogP contribution in [0.4, 0.5) is 0 Å². The molecular weight excluding hydrogens is 202 g/mol. The highest BCUT2D eigenvalue weighted by molar-refractivity contribution is 5.89. The van der Waals surface area contributed by atoms with Gasteiger partial charge >= 0.3 is 0 Å². The van der Waals surface area contributed by atoms with Crippen LogP contribution >= 0.6 is 0 Å². The highest BCUT2D eigenvalue weighted by Crippen LogP contribution is 2.26. The average Bonchev–Trinajstić information content (AvgIpc) is 2.51. The molecule has 3 rings (SSSR count). The third-order valence-corrected chi connectivity index (χ3v) is 3.45. The Morgan fingerprint density at radius 2 is 2.06 bits per heavy atom. The molecule has 3 heteroatoms. The van der Waals surface area contributed by atoms with Crippen LogP contribution in [0, 0.1) is 5.92 Å². The highest BCUT2D eigenvalue weighted by atomic mass is 16.5. The minimum Gasteiger partial charge on any atom is -0.379 e. The molecule has 1 unspecified atom stereocenters. The second-order valence-corrected chi connectivity index (χ2v) is 4.57. The normalized spacial score (nSPS) is 29.6. The first-order valence-corrected chi connectivity index (χ1v) is 5.74. The standard InChI is InChI=1S/C13H15NO2/c15-13-11-7-14(12(13)9-16-8-11)6-10-4-2-1-3-5-10/h1-5,11-12H,6-9H2/t11-,12?/m1/s1. The molecule has 1 aromatic carbocycles. The topological polar surface area (TPSA) is 29.5 Å². The van der Waals surface area contributed by atoms with Gasteiger partial charge in [0.1, 0.15) is 0 Å². The molecule has 0 aromatic heterocycles. The highest BCUT2D eigenvalue weighted by Gasteiger charge is 2.43. The molecule has 2 saturated heterocycles. The summed E-state index contributed by atoms with van der Waals surface area (Å²) in [6.45, 7) is 2.90. The Kier molecular flexibility index (Phi) is 2.50. The van der Waals surface area contributed by atoms with Crippen molar-refractivity contribution in [1.29, 1.82) is 0 Å². The van der Waals surface area contributed by atoms with E-state index in [1.807, 2.05) is 18.2 Å². The van der Waals surface area contributed by atoms with E-state index in [0.29, 0.717) is 19.0 Å². The van der Waals surface area contributed by atoms with Gasteiger partial charge in [0.05, 0.1) is 25.2 Å². The average molecular weight is 217 g/mol. The molecule has 0 aliphatic carbocycles. The van der Waals surface area contributed by atoms with E-state index in [1.165, 1.54) is 5.56 Å². The number of carbonyl (C=O) groups is 1. The molecule has 2 aliphatic heterocycles. The van der Waals surface area contributed by atoms with Crippen molar-refractivity contribution in [3.05, 3.63) is 35.9 Å². The maximum Gasteiger partial charge on any atom is 0.158 e. The Bertz CT molecular complexity index is 390. The van der Waals surface area contributed by atoms with Gasteiger partial charge in [0, 0.05) is 13.1 Å². The number of fused-ring (bicyclic) bond motifs is 2. The number of ketones is 1. The SMILES string of the molecule is O=C1C2COC[C@H]1CN2Cc1ccccc1. The lowest BCUT2D eigenvalue weighted by Gasteiger charge is -2.23. The van der Waals surface area contributed by atoms with Gasteiger partial charge in [0.15, 0.2) is 5.78 Å². The fourth-order valence-corrected chi connectivity index (χ4v) is 2.59. The van der Waals surface area contributed by atoms with Crippen LogP contribution in [0.5, 0.6) is 0 Å². The molecule has 0 N–H and O–H groups in total. The smallest absolute Gasteiger partial charge is 0.158 e. The molecule has 2 atom stereocenters. The number of nitrogens with zero attached hydrogens (tertiary/aromatic N) is 1. The molecule has 1 aromatic rings. The summed E-state index contributed by atoms with van der Waals surface area (Å²) in [5.41, 5.74) is 1.27. The van der Waals surface area contributed by atoms with E-state index in [2.05, 4.69) is 17.0 Å². The lowest BCUT2D eigenvalue weighted by molar-refractivity contribution is -0.130. The van der Waals surface area contributed by atoms with Crippen LogP contribution in [-0.4, -0.2) is 36.5 Å². The zero-order valence-corrected chi connectivity index (χ0v) is 9.13. The minimum absolute atomic E-state index is 0.000967. The number of Topliss-reactive ketones (excluding diaryl/α,β-unsaturated/α-hetero) is 1. The largest absolute Gasteiger partial charge is 0.379 e. The number of hydrogen-bond donors (Lipinski definition) is 0. The van der Waals surface area contributed by atoms with Crippen LogP contribution in [0.3, 0.4) is 0 Å². The Hall–Kier alpha value is -1.19. The third kappa shape index (κ3) is 1.66. The number of benzene rings is 1. The van der Waals surface area contributed by atoms with Gasteiger partial charge in [0.25, 0.3) is 0 Å². The zero-order chi connectivity index (χ0) is 11.0. The van der Waals surface area contributed by atoms with Gasteiger partial charge in [0.2, 0.25) is 0 Å². The molecule has 0 spiro atoms. The molecule has 84 valence electrons. The van der Waals surface area contributed by atoms with Crippen molar-refractivity contribution in [3.8, 4) is 0 Å². The number of hydrogen-bond acceptors (Lipinski definition) is 3. The summed E-state index contributed by atoms with van der Waals surface area (Å²) in [5, 5.41) is 0. The van der Waals surface area contributed by atoms with Crippen molar-refractivity contribution in [1.82, 2.24) is 4.90 Å². The predicted molar refractivity (Wildman–Crippen MR) is 60.0 cm³/mol. The summed E-state index contributed by atoms with van der Waals surface area (Å²) in [6.07, 6.45) is 0.